The molecule has 0 bridgehead atoms. The predicted molar refractivity (Wildman–Crippen MR) is 178 cm³/mol. The van der Waals surface area contributed by atoms with Crippen molar-refractivity contribution in [1.82, 2.24) is 10.6 Å². The number of hydrogen-bond donors (Lipinski definition) is 2. The Morgan fingerprint density at radius 2 is 0.513 bits per heavy atom. The molecule has 1 fully saturated rings. The monoisotopic (exact) mass is 549 g/mol. The summed E-state index contributed by atoms with van der Waals surface area (Å²) in [7, 11) is 0. The second-order valence-corrected chi connectivity index (χ2v) is 13.3. The van der Waals surface area contributed by atoms with E-state index in [1.807, 2.05) is 0 Å². The predicted octanol–water partition coefficient (Wildman–Crippen LogP) is 12.4. The Morgan fingerprint density at radius 3 is 0.744 bits per heavy atom. The van der Waals surface area contributed by atoms with Gasteiger partial charge >= 0.3 is 0 Å². The average Bonchev–Trinajstić information content (AvgIpc) is 3.40. The lowest BCUT2D eigenvalue weighted by atomic mass is 9.96. The zero-order chi connectivity index (χ0) is 27.9. The van der Waals surface area contributed by atoms with Gasteiger partial charge in [-0.3, -0.25) is 0 Å². The Hall–Kier alpha value is -0.0800. The fourth-order valence-corrected chi connectivity index (χ4v) is 6.68. The van der Waals surface area contributed by atoms with E-state index in [1.165, 1.54) is 205 Å². The van der Waals surface area contributed by atoms with E-state index in [2.05, 4.69) is 24.5 Å². The molecule has 2 heteroatoms. The van der Waals surface area contributed by atoms with Gasteiger partial charge in [0.05, 0.1) is 0 Å². The van der Waals surface area contributed by atoms with E-state index in [4.69, 9.17) is 0 Å². The first-order valence-corrected chi connectivity index (χ1v) is 18.8. The standard InChI is InChI=1S/C37H76N2/c1-3-5-7-9-11-13-15-17-19-21-23-25-27-29-31-33-36-37(39-35-38-36)34-32-30-28-26-24-22-20-18-16-14-12-10-8-6-4-2/h36-39H,3-35H2,1-2H3. The van der Waals surface area contributed by atoms with E-state index in [-0.39, 0.29) is 0 Å². The van der Waals surface area contributed by atoms with Crippen LogP contribution < -0.4 is 10.6 Å². The average molecular weight is 549 g/mol. The first kappa shape index (κ1) is 36.9. The molecule has 0 aliphatic carbocycles. The number of rotatable bonds is 32. The van der Waals surface area contributed by atoms with Crippen molar-refractivity contribution in [3.63, 3.8) is 0 Å². The van der Waals surface area contributed by atoms with Crippen molar-refractivity contribution in [3.8, 4) is 0 Å². The Bertz CT molecular complexity index is 411. The molecule has 1 rings (SSSR count). The minimum absolute atomic E-state index is 0.735. The molecular weight excluding hydrogens is 472 g/mol. The summed E-state index contributed by atoms with van der Waals surface area (Å²) < 4.78 is 0. The Kier molecular flexibility index (Phi) is 29.2. The molecule has 0 radical (unpaired) electrons. The van der Waals surface area contributed by atoms with Gasteiger partial charge in [0.2, 0.25) is 0 Å². The Morgan fingerprint density at radius 1 is 0.308 bits per heavy atom. The van der Waals surface area contributed by atoms with Crippen molar-refractivity contribution in [2.45, 2.75) is 231 Å². The van der Waals surface area contributed by atoms with Crippen LogP contribution in [-0.4, -0.2) is 18.8 Å². The van der Waals surface area contributed by atoms with Crippen molar-refractivity contribution in [2.24, 2.45) is 0 Å². The third kappa shape index (κ3) is 25.4. The molecule has 2 unspecified atom stereocenters. The second kappa shape index (κ2) is 30.9. The molecule has 0 aromatic heterocycles. The highest BCUT2D eigenvalue weighted by Crippen LogP contribution is 2.19. The molecule has 0 aromatic carbocycles. The van der Waals surface area contributed by atoms with Gasteiger partial charge < -0.3 is 10.6 Å². The maximum atomic E-state index is 3.75. The van der Waals surface area contributed by atoms with Crippen molar-refractivity contribution in [3.05, 3.63) is 0 Å². The zero-order valence-electron chi connectivity index (χ0n) is 27.5. The summed E-state index contributed by atoms with van der Waals surface area (Å²) in [5.74, 6) is 0. The lowest BCUT2D eigenvalue weighted by molar-refractivity contribution is 0.417. The van der Waals surface area contributed by atoms with Gasteiger partial charge in [-0.05, 0) is 12.8 Å². The van der Waals surface area contributed by atoms with Crippen molar-refractivity contribution in [1.29, 1.82) is 0 Å². The third-order valence-corrected chi connectivity index (χ3v) is 9.45. The lowest BCUT2D eigenvalue weighted by Gasteiger charge is -2.19. The van der Waals surface area contributed by atoms with Crippen LogP contribution in [0.1, 0.15) is 219 Å². The molecule has 2 atom stereocenters. The van der Waals surface area contributed by atoms with E-state index in [9.17, 15) is 0 Å². The molecule has 2 nitrogen and oxygen atoms in total. The number of nitrogens with one attached hydrogen (secondary N) is 2. The van der Waals surface area contributed by atoms with Crippen LogP contribution in [0.25, 0.3) is 0 Å². The van der Waals surface area contributed by atoms with Gasteiger partial charge in [-0.15, -0.1) is 0 Å². The van der Waals surface area contributed by atoms with Crippen LogP contribution in [0.3, 0.4) is 0 Å². The maximum Gasteiger partial charge on any atom is 0.0459 e. The van der Waals surface area contributed by atoms with Crippen molar-refractivity contribution >= 4 is 0 Å². The Balaban J connectivity index is 1.79. The normalized spacial score (nSPS) is 17.4. The summed E-state index contributed by atoms with van der Waals surface area (Å²) in [5, 5.41) is 7.49. The molecule has 0 saturated carbocycles. The van der Waals surface area contributed by atoms with Gasteiger partial charge in [0.15, 0.2) is 0 Å². The minimum Gasteiger partial charge on any atom is -0.300 e. The summed E-state index contributed by atoms with van der Waals surface area (Å²) in [6.45, 7) is 5.65. The number of hydrogen-bond acceptors (Lipinski definition) is 2. The van der Waals surface area contributed by atoms with Crippen LogP contribution in [0.15, 0.2) is 0 Å². The van der Waals surface area contributed by atoms with E-state index in [0.29, 0.717) is 0 Å². The van der Waals surface area contributed by atoms with E-state index in [1.54, 1.807) is 0 Å². The second-order valence-electron chi connectivity index (χ2n) is 13.3. The molecular formula is C37H76N2. The highest BCUT2D eigenvalue weighted by Gasteiger charge is 2.24. The maximum absolute atomic E-state index is 3.75. The molecule has 1 heterocycles. The first-order chi connectivity index (χ1) is 19.4. The fraction of sp³-hybridized carbons (Fsp3) is 1.00. The summed E-state index contributed by atoms with van der Waals surface area (Å²) >= 11 is 0. The lowest BCUT2D eigenvalue weighted by Crippen LogP contribution is -2.33. The van der Waals surface area contributed by atoms with E-state index >= 15 is 0 Å². The van der Waals surface area contributed by atoms with E-state index in [0.717, 1.165) is 18.8 Å². The van der Waals surface area contributed by atoms with Gasteiger partial charge in [-0.2, -0.15) is 0 Å². The van der Waals surface area contributed by atoms with Gasteiger partial charge in [0.1, 0.15) is 0 Å². The van der Waals surface area contributed by atoms with Crippen molar-refractivity contribution < 1.29 is 0 Å². The number of unbranched alkanes of at least 4 members (excludes halogenated alkanes) is 28. The smallest absolute Gasteiger partial charge is 0.0459 e. The first-order valence-electron chi connectivity index (χ1n) is 18.8. The molecule has 1 aliphatic rings. The van der Waals surface area contributed by atoms with Gasteiger partial charge in [0.25, 0.3) is 0 Å². The van der Waals surface area contributed by atoms with Gasteiger partial charge in [-0.25, -0.2) is 0 Å². The highest BCUT2D eigenvalue weighted by atomic mass is 15.2. The SMILES string of the molecule is CCCCCCCCCCCCCCCCCC1NCNC1CCCCCCCCCCCCCCCCC. The summed E-state index contributed by atoms with van der Waals surface area (Å²) in [6.07, 6.45) is 46.6. The fourth-order valence-electron chi connectivity index (χ4n) is 6.68. The molecule has 234 valence electrons. The summed E-state index contributed by atoms with van der Waals surface area (Å²) in [4.78, 5) is 0. The molecule has 1 aliphatic heterocycles. The van der Waals surface area contributed by atoms with Gasteiger partial charge in [0, 0.05) is 18.8 Å². The quantitative estimate of drug-likeness (QED) is 0.0817. The Labute approximate surface area is 248 Å². The summed E-state index contributed by atoms with van der Waals surface area (Å²) in [5.41, 5.74) is 0. The van der Waals surface area contributed by atoms with Gasteiger partial charge in [-0.1, -0.05) is 206 Å². The third-order valence-electron chi connectivity index (χ3n) is 9.45. The van der Waals surface area contributed by atoms with Crippen LogP contribution in [0.2, 0.25) is 0 Å². The largest absolute Gasteiger partial charge is 0.300 e. The van der Waals surface area contributed by atoms with Crippen LogP contribution in [-0.2, 0) is 0 Å². The topological polar surface area (TPSA) is 24.1 Å². The summed E-state index contributed by atoms with van der Waals surface area (Å²) in [6, 6.07) is 1.47. The van der Waals surface area contributed by atoms with Crippen LogP contribution >= 0.6 is 0 Å². The van der Waals surface area contributed by atoms with Crippen molar-refractivity contribution in [2.75, 3.05) is 6.67 Å². The zero-order valence-corrected chi connectivity index (χ0v) is 27.5. The highest BCUT2D eigenvalue weighted by molar-refractivity contribution is 4.87. The molecule has 1 saturated heterocycles. The molecule has 0 spiro atoms. The molecule has 0 amide bonds. The molecule has 0 aromatic rings. The molecule has 2 N–H and O–H groups in total. The van der Waals surface area contributed by atoms with Crippen LogP contribution in [0, 0.1) is 0 Å². The minimum atomic E-state index is 0.735. The van der Waals surface area contributed by atoms with Crippen LogP contribution in [0.5, 0.6) is 0 Å². The van der Waals surface area contributed by atoms with Crippen LogP contribution in [0.4, 0.5) is 0 Å². The van der Waals surface area contributed by atoms with E-state index < -0.39 is 0 Å². The molecule has 39 heavy (non-hydrogen) atoms.